The number of fused-ring (bicyclic) bond motifs is 1. The molecule has 1 aromatic carbocycles. The number of carboxylic acid groups (broad SMARTS) is 1. The first kappa shape index (κ1) is 65.4. The van der Waals surface area contributed by atoms with E-state index in [1.807, 2.05) is 39.8 Å². The van der Waals surface area contributed by atoms with Crippen LogP contribution in [0.25, 0.3) is 10.9 Å². The summed E-state index contributed by atoms with van der Waals surface area (Å²) >= 11 is 0. The van der Waals surface area contributed by atoms with Gasteiger partial charge in [0.2, 0.25) is 5.43 Å². The van der Waals surface area contributed by atoms with E-state index in [9.17, 15) is 44.4 Å². The highest BCUT2D eigenvalue weighted by Crippen LogP contribution is 2.42. The highest BCUT2D eigenvalue weighted by molar-refractivity contribution is 5.93. The third-order valence-corrected chi connectivity index (χ3v) is 16.5. The predicted octanol–water partition coefficient (Wildman–Crippen LogP) is 4.07. The van der Waals surface area contributed by atoms with Crippen molar-refractivity contribution in [2.75, 3.05) is 54.6 Å². The van der Waals surface area contributed by atoms with Crippen LogP contribution >= 0.6 is 0 Å². The van der Waals surface area contributed by atoms with Crippen LogP contribution in [0.5, 0.6) is 0 Å². The number of nitrogens with zero attached hydrogens (tertiary/aromatic N) is 2. The molecule has 444 valence electrons. The van der Waals surface area contributed by atoms with Crippen molar-refractivity contribution >= 4 is 34.6 Å². The lowest BCUT2D eigenvalue weighted by Crippen LogP contribution is -2.61. The van der Waals surface area contributed by atoms with Gasteiger partial charge in [0.15, 0.2) is 18.7 Å². The standard InChI is InChI=1S/C58H89N3O18/c1-16-43-58(11,70)50(66)34(5)46(63)32(3)29-56(9,71-14)51(79-55-48(65)42(60(12)13)27-33(4)74-55)35(6)49(36(7)54(69)76-43)78-45-30-57(10,72-15)52(37(8)75-45)77-44(62)22-23-59-24-26-73-25-18-19-38-20-21-41-39(28-38)47(64)40(53(67)68)31-61(41)17-2/h20-21,28,31-37,42-43,45,48-52,55,59,65-66,70H,16-17,22-27,29-30H2,1-15H3,(H,67,68)/t32-,33+,34+,35+,36-,37+,42-,43-,45+,48+,49+,50-,51-,52+,55-,56-,57-,58-/m1/s1. The molecule has 21 nitrogen and oxygen atoms in total. The Balaban J connectivity index is 1.29. The van der Waals surface area contributed by atoms with Crippen molar-refractivity contribution < 1.29 is 82.2 Å². The number of aliphatic hydroxyl groups is 3. The molecule has 0 bridgehead atoms. The number of nitrogens with one attached hydrogen (secondary N) is 1. The Morgan fingerprint density at radius 3 is 2.20 bits per heavy atom. The fourth-order valence-electron chi connectivity index (χ4n) is 11.6. The maximum absolute atomic E-state index is 14.6. The van der Waals surface area contributed by atoms with E-state index in [2.05, 4.69) is 17.2 Å². The molecule has 0 saturated carbocycles. The third-order valence-electron chi connectivity index (χ3n) is 16.5. The number of pyridine rings is 1. The van der Waals surface area contributed by atoms with Gasteiger partial charge in [-0.15, -0.1) is 0 Å². The van der Waals surface area contributed by atoms with Gasteiger partial charge in [-0.05, 0) is 100 Å². The van der Waals surface area contributed by atoms with Crippen LogP contribution in [0.2, 0.25) is 0 Å². The summed E-state index contributed by atoms with van der Waals surface area (Å²) in [5.41, 5.74) is -4.26. The van der Waals surface area contributed by atoms with E-state index in [1.54, 1.807) is 64.3 Å². The summed E-state index contributed by atoms with van der Waals surface area (Å²) in [4.78, 5) is 68.6. The predicted molar refractivity (Wildman–Crippen MR) is 291 cm³/mol. The number of aryl methyl sites for hydroxylation is 1. The molecule has 3 fully saturated rings. The number of carboxylic acids is 1. The van der Waals surface area contributed by atoms with E-state index in [4.69, 9.17) is 42.6 Å². The molecule has 18 atom stereocenters. The van der Waals surface area contributed by atoms with Crippen LogP contribution < -0.4 is 10.7 Å². The van der Waals surface area contributed by atoms with Crippen LogP contribution in [0.15, 0.2) is 29.2 Å². The van der Waals surface area contributed by atoms with Gasteiger partial charge >= 0.3 is 17.9 Å². The Hall–Kier alpha value is -4.41. The summed E-state index contributed by atoms with van der Waals surface area (Å²) < 4.78 is 58.6. The van der Waals surface area contributed by atoms with Crippen molar-refractivity contribution in [2.24, 2.45) is 23.7 Å². The van der Waals surface area contributed by atoms with Gasteiger partial charge in [0.1, 0.15) is 41.4 Å². The average Bonchev–Trinajstić information content (AvgIpc) is 3.46. The largest absolute Gasteiger partial charge is 0.477 e. The molecule has 4 heterocycles. The first-order valence-electron chi connectivity index (χ1n) is 27.7. The number of methoxy groups -OCH3 is 2. The molecule has 0 radical (unpaired) electrons. The number of aliphatic hydroxyl groups excluding tert-OH is 2. The molecular formula is C58H89N3O18. The number of aromatic carboxylic acids is 1. The molecule has 0 unspecified atom stereocenters. The number of hydrogen-bond donors (Lipinski definition) is 5. The maximum atomic E-state index is 14.6. The van der Waals surface area contributed by atoms with E-state index in [0.717, 1.165) is 0 Å². The number of ketones is 1. The zero-order valence-electron chi connectivity index (χ0n) is 48.9. The molecular weight excluding hydrogens is 1030 g/mol. The van der Waals surface area contributed by atoms with Gasteiger partial charge in [-0.2, -0.15) is 0 Å². The summed E-state index contributed by atoms with van der Waals surface area (Å²) in [6, 6.07) is 4.74. The Labute approximate surface area is 465 Å². The molecule has 3 aliphatic heterocycles. The van der Waals surface area contributed by atoms with E-state index < -0.39 is 119 Å². The number of aromatic nitrogens is 1. The van der Waals surface area contributed by atoms with Gasteiger partial charge in [0.05, 0.1) is 60.6 Å². The molecule has 21 heteroatoms. The van der Waals surface area contributed by atoms with Crippen LogP contribution in [0.3, 0.4) is 0 Å². The summed E-state index contributed by atoms with van der Waals surface area (Å²) in [5.74, 6) is -0.794. The van der Waals surface area contributed by atoms with Gasteiger partial charge < -0.3 is 77.8 Å². The first-order valence-corrected chi connectivity index (χ1v) is 27.7. The van der Waals surface area contributed by atoms with E-state index in [-0.39, 0.29) is 74.3 Å². The van der Waals surface area contributed by atoms with Gasteiger partial charge in [-0.1, -0.05) is 39.5 Å². The number of benzene rings is 1. The second-order valence-corrected chi connectivity index (χ2v) is 22.6. The van der Waals surface area contributed by atoms with Crippen LogP contribution in [0, 0.1) is 35.5 Å². The lowest BCUT2D eigenvalue weighted by atomic mass is 9.74. The Bertz CT molecular complexity index is 2530. The zero-order chi connectivity index (χ0) is 58.9. The summed E-state index contributed by atoms with van der Waals surface area (Å²) in [6.45, 7) is 20.3. The normalized spacial score (nSPS) is 36.0. The van der Waals surface area contributed by atoms with E-state index in [1.165, 1.54) is 34.3 Å². The van der Waals surface area contributed by atoms with Crippen LogP contribution in [-0.2, 0) is 63.6 Å². The quantitative estimate of drug-likeness (QED) is 0.0800. The smallest absolute Gasteiger partial charge is 0.341 e. The molecule has 5 rings (SSSR count). The lowest BCUT2D eigenvalue weighted by molar-refractivity contribution is -0.320. The summed E-state index contributed by atoms with van der Waals surface area (Å²) in [7, 11) is 6.71. The van der Waals surface area contributed by atoms with Gasteiger partial charge in [0.25, 0.3) is 0 Å². The van der Waals surface area contributed by atoms with Crippen LogP contribution in [-0.4, -0.2) is 192 Å². The van der Waals surface area contributed by atoms with Gasteiger partial charge in [-0.3, -0.25) is 19.2 Å². The Kier molecular flexibility index (Phi) is 23.2. The Morgan fingerprint density at radius 1 is 0.911 bits per heavy atom. The van der Waals surface area contributed by atoms with Crippen molar-refractivity contribution in [1.82, 2.24) is 14.8 Å². The van der Waals surface area contributed by atoms with Gasteiger partial charge in [0, 0.05) is 81.2 Å². The molecule has 0 spiro atoms. The maximum Gasteiger partial charge on any atom is 0.341 e. The minimum absolute atomic E-state index is 0.00613. The molecule has 79 heavy (non-hydrogen) atoms. The lowest BCUT2D eigenvalue weighted by Gasteiger charge is -2.50. The van der Waals surface area contributed by atoms with Crippen molar-refractivity contribution in [3.63, 3.8) is 0 Å². The van der Waals surface area contributed by atoms with E-state index in [0.29, 0.717) is 30.6 Å². The number of carbonyl (C=O) groups is 4. The average molecular weight is 1120 g/mol. The zero-order valence-corrected chi connectivity index (χ0v) is 48.9. The number of hydrogen-bond acceptors (Lipinski definition) is 19. The molecule has 5 N–H and O–H groups in total. The number of carbonyl (C=O) groups excluding carboxylic acids is 3. The van der Waals surface area contributed by atoms with Crippen molar-refractivity contribution in [3.8, 4) is 11.8 Å². The molecule has 0 aliphatic carbocycles. The van der Waals surface area contributed by atoms with Crippen LogP contribution in [0.1, 0.15) is 124 Å². The first-order chi connectivity index (χ1) is 37.1. The minimum atomic E-state index is -2.03. The van der Waals surface area contributed by atoms with Crippen LogP contribution in [0.4, 0.5) is 0 Å². The second-order valence-electron chi connectivity index (χ2n) is 22.6. The molecule has 0 amide bonds. The van der Waals surface area contributed by atoms with Crippen molar-refractivity contribution in [1.29, 1.82) is 0 Å². The Morgan fingerprint density at radius 2 is 1.58 bits per heavy atom. The number of esters is 2. The summed E-state index contributed by atoms with van der Waals surface area (Å²) in [5, 5.41) is 48.2. The molecule has 3 saturated heterocycles. The SMILES string of the molecule is CC[C@H]1OC(=O)[C@H](C)[C@@H](O[C@H]2C[C@@](C)(OC)[C@@H](OC(=O)CCNCCOCC#Cc3ccc4c(c3)c(=O)c(C(=O)O)cn4CC)[C@H](C)O2)[C@H](C)[C@@H](O[C@H]2O[C@@H](C)C[C@@H](N(C)C)[C@@H]2O)[C@](C)(OC)C[C@@H](C)C(=O)[C@H](C)[C@@H](O)[C@]1(C)O. The number of likely N-dealkylation sites (N-methyl/N-ethyl adjacent to an activating group) is 1. The molecule has 3 aliphatic rings. The highest BCUT2D eigenvalue weighted by atomic mass is 16.7. The topological polar surface area (TPSA) is 270 Å². The molecule has 1 aromatic heterocycles. The van der Waals surface area contributed by atoms with Crippen molar-refractivity contribution in [2.45, 2.75) is 199 Å². The van der Waals surface area contributed by atoms with Gasteiger partial charge in [-0.25, -0.2) is 4.79 Å². The number of rotatable bonds is 18. The third kappa shape index (κ3) is 15.4. The second kappa shape index (κ2) is 28.0. The fraction of sp³-hybridized carbons (Fsp3) is 0.741. The number of ether oxygens (including phenoxy) is 9. The van der Waals surface area contributed by atoms with E-state index >= 15 is 0 Å². The number of Topliss-reactive ketones (excluding diaryl/α,β-unsaturated/α-hetero) is 1. The summed E-state index contributed by atoms with van der Waals surface area (Å²) in [6.07, 6.45) is -8.30. The highest BCUT2D eigenvalue weighted by Gasteiger charge is 2.55. The number of cyclic esters (lactones) is 1. The monoisotopic (exact) mass is 1120 g/mol. The molecule has 2 aromatic rings. The minimum Gasteiger partial charge on any atom is -0.477 e. The van der Waals surface area contributed by atoms with Crippen molar-refractivity contribution in [3.05, 3.63) is 45.7 Å². The fourth-order valence-corrected chi connectivity index (χ4v) is 11.6.